The van der Waals surface area contributed by atoms with E-state index in [4.69, 9.17) is 0 Å². The van der Waals surface area contributed by atoms with Gasteiger partial charge in [-0.05, 0) is 44.4 Å². The third-order valence-corrected chi connectivity index (χ3v) is 5.40. The molecule has 0 aliphatic carbocycles. The minimum absolute atomic E-state index is 0.0414. The zero-order valence-electron chi connectivity index (χ0n) is 14.9. The largest absolute Gasteiger partial charge is 0.371 e. The van der Waals surface area contributed by atoms with Crippen molar-refractivity contribution < 1.29 is 0 Å². The predicted molar refractivity (Wildman–Crippen MR) is 100 cm³/mol. The van der Waals surface area contributed by atoms with Gasteiger partial charge in [-0.2, -0.15) is 0 Å². The maximum Gasteiger partial charge on any atom is 0.251 e. The zero-order valence-corrected chi connectivity index (χ0v) is 14.9. The summed E-state index contributed by atoms with van der Waals surface area (Å²) in [5.41, 5.74) is 3.71. The highest BCUT2D eigenvalue weighted by atomic mass is 16.1. The smallest absolute Gasteiger partial charge is 0.251 e. The summed E-state index contributed by atoms with van der Waals surface area (Å²) in [7, 11) is 0. The topological polar surface area (TPSA) is 52.2 Å². The third-order valence-electron chi connectivity index (χ3n) is 5.40. The predicted octanol–water partition coefficient (Wildman–Crippen LogP) is 2.67. The summed E-state index contributed by atoms with van der Waals surface area (Å²) in [5, 5.41) is 0. The van der Waals surface area contributed by atoms with Crippen molar-refractivity contribution in [3.8, 4) is 0 Å². The summed E-state index contributed by atoms with van der Waals surface area (Å²) < 4.78 is 0. The van der Waals surface area contributed by atoms with E-state index in [0.717, 1.165) is 31.7 Å². The number of aromatic amines is 1. The lowest BCUT2D eigenvalue weighted by Crippen LogP contribution is -2.24. The summed E-state index contributed by atoms with van der Waals surface area (Å²) in [6.07, 6.45) is 3.67. The second-order valence-corrected chi connectivity index (χ2v) is 7.30. The molecule has 2 aliphatic heterocycles. The molecule has 0 bridgehead atoms. The molecule has 1 aromatic carbocycles. The van der Waals surface area contributed by atoms with Crippen molar-refractivity contribution >= 4 is 5.69 Å². The minimum atomic E-state index is -0.0414. The van der Waals surface area contributed by atoms with Crippen molar-refractivity contribution in [2.75, 3.05) is 31.1 Å². The van der Waals surface area contributed by atoms with Crippen molar-refractivity contribution in [3.05, 3.63) is 57.8 Å². The second kappa shape index (κ2) is 7.00. The quantitative estimate of drug-likeness (QED) is 0.931. The number of rotatable bonds is 4. The lowest BCUT2D eigenvalue weighted by atomic mass is 10.0. The molecule has 2 saturated heterocycles. The normalized spacial score (nSPS) is 21.2. The van der Waals surface area contributed by atoms with E-state index in [-0.39, 0.29) is 5.56 Å². The first-order valence-corrected chi connectivity index (χ1v) is 9.32. The van der Waals surface area contributed by atoms with E-state index >= 15 is 0 Å². The number of H-pyrrole nitrogens is 1. The number of anilines is 1. The molecule has 1 N–H and O–H groups in total. The number of hydrogen-bond acceptors (Lipinski definition) is 4. The van der Waals surface area contributed by atoms with E-state index in [9.17, 15) is 4.79 Å². The molecule has 1 atom stereocenters. The van der Waals surface area contributed by atoms with Crippen LogP contribution in [0.2, 0.25) is 0 Å². The van der Waals surface area contributed by atoms with E-state index in [1.54, 1.807) is 6.07 Å². The molecule has 2 fully saturated rings. The lowest BCUT2D eigenvalue weighted by Gasteiger charge is -2.24. The van der Waals surface area contributed by atoms with Crippen LogP contribution in [0, 0.1) is 6.92 Å². The van der Waals surface area contributed by atoms with Crippen LogP contribution in [0.4, 0.5) is 5.69 Å². The number of nitrogens with zero attached hydrogens (tertiary/aromatic N) is 3. The molecule has 0 saturated carbocycles. The molecule has 3 heterocycles. The van der Waals surface area contributed by atoms with Gasteiger partial charge in [0.15, 0.2) is 0 Å². The Bertz CT molecular complexity index is 794. The monoisotopic (exact) mass is 338 g/mol. The summed E-state index contributed by atoms with van der Waals surface area (Å²) in [6.45, 7) is 7.22. The fourth-order valence-electron chi connectivity index (χ4n) is 4.18. The summed E-state index contributed by atoms with van der Waals surface area (Å²) in [5.74, 6) is 1.07. The van der Waals surface area contributed by atoms with Crippen molar-refractivity contribution in [2.24, 2.45) is 0 Å². The van der Waals surface area contributed by atoms with Crippen LogP contribution in [0.15, 0.2) is 35.1 Å². The number of hydrogen-bond donors (Lipinski definition) is 1. The third kappa shape index (κ3) is 3.61. The van der Waals surface area contributed by atoms with Crippen molar-refractivity contribution in [2.45, 2.75) is 38.6 Å². The van der Waals surface area contributed by atoms with Gasteiger partial charge in [-0.3, -0.25) is 9.69 Å². The molecule has 0 spiro atoms. The highest BCUT2D eigenvalue weighted by Crippen LogP contribution is 2.30. The first-order chi connectivity index (χ1) is 12.2. The highest BCUT2D eigenvalue weighted by Gasteiger charge is 2.26. The van der Waals surface area contributed by atoms with Gasteiger partial charge in [-0.15, -0.1) is 0 Å². The summed E-state index contributed by atoms with van der Waals surface area (Å²) in [6, 6.07) is 10.5. The summed E-state index contributed by atoms with van der Waals surface area (Å²) in [4.78, 5) is 24.0. The van der Waals surface area contributed by atoms with Crippen LogP contribution in [0.1, 0.15) is 42.3 Å². The molecular weight excluding hydrogens is 312 g/mol. The molecule has 25 heavy (non-hydrogen) atoms. The SMILES string of the molecule is Cc1nc([C@@H]2CCN(Cc3ccccc3N3CCCC3)C2)cc(=O)[nH]1. The van der Waals surface area contributed by atoms with Crippen LogP contribution in [0.3, 0.4) is 0 Å². The molecule has 132 valence electrons. The van der Waals surface area contributed by atoms with Gasteiger partial charge in [-0.1, -0.05) is 18.2 Å². The Labute approximate surface area is 148 Å². The number of aryl methyl sites for hydroxylation is 1. The molecule has 5 heteroatoms. The molecule has 2 aliphatic rings. The number of aromatic nitrogens is 2. The van der Waals surface area contributed by atoms with Gasteiger partial charge >= 0.3 is 0 Å². The van der Waals surface area contributed by atoms with E-state index < -0.39 is 0 Å². The Morgan fingerprint density at radius 2 is 2.00 bits per heavy atom. The Balaban J connectivity index is 1.47. The molecule has 4 rings (SSSR count). The Morgan fingerprint density at radius 1 is 1.20 bits per heavy atom. The van der Waals surface area contributed by atoms with E-state index in [2.05, 4.69) is 44.0 Å². The maximum atomic E-state index is 11.7. The standard InChI is InChI=1S/C20H26N4O/c1-15-21-18(12-20(25)22-15)16-8-11-23(13-16)14-17-6-2-3-7-19(17)24-9-4-5-10-24/h2-3,6-7,12,16H,4-5,8-11,13-14H2,1H3,(H,21,22,25)/t16-/m1/s1. The Hall–Kier alpha value is -2.14. The minimum Gasteiger partial charge on any atom is -0.371 e. The van der Waals surface area contributed by atoms with Gasteiger partial charge in [0, 0.05) is 43.9 Å². The first-order valence-electron chi connectivity index (χ1n) is 9.32. The van der Waals surface area contributed by atoms with Gasteiger partial charge in [0.2, 0.25) is 0 Å². The second-order valence-electron chi connectivity index (χ2n) is 7.30. The average Bonchev–Trinajstić information content (AvgIpc) is 3.26. The van der Waals surface area contributed by atoms with Gasteiger partial charge in [0.25, 0.3) is 5.56 Å². The van der Waals surface area contributed by atoms with Gasteiger partial charge in [-0.25, -0.2) is 4.98 Å². The van der Waals surface area contributed by atoms with E-state index in [1.807, 2.05) is 6.92 Å². The van der Waals surface area contributed by atoms with Crippen LogP contribution < -0.4 is 10.5 Å². The molecule has 1 aromatic heterocycles. The number of para-hydroxylation sites is 1. The van der Waals surface area contributed by atoms with Crippen molar-refractivity contribution in [1.82, 2.24) is 14.9 Å². The molecule has 0 radical (unpaired) electrons. The van der Waals surface area contributed by atoms with E-state index in [0.29, 0.717) is 11.7 Å². The van der Waals surface area contributed by atoms with Gasteiger partial charge in [0.1, 0.15) is 5.82 Å². The van der Waals surface area contributed by atoms with E-state index in [1.165, 1.54) is 37.2 Å². The highest BCUT2D eigenvalue weighted by molar-refractivity contribution is 5.54. The molecule has 5 nitrogen and oxygen atoms in total. The van der Waals surface area contributed by atoms with Gasteiger partial charge in [0.05, 0.1) is 5.69 Å². The van der Waals surface area contributed by atoms with Crippen molar-refractivity contribution in [1.29, 1.82) is 0 Å². The average molecular weight is 338 g/mol. The number of likely N-dealkylation sites (tertiary alicyclic amines) is 1. The number of nitrogens with one attached hydrogen (secondary N) is 1. The Morgan fingerprint density at radius 3 is 2.80 bits per heavy atom. The maximum absolute atomic E-state index is 11.7. The summed E-state index contributed by atoms with van der Waals surface area (Å²) >= 11 is 0. The molecule has 0 amide bonds. The van der Waals surface area contributed by atoms with Crippen LogP contribution in [0.25, 0.3) is 0 Å². The van der Waals surface area contributed by atoms with Crippen LogP contribution in [-0.2, 0) is 6.54 Å². The molecule has 2 aromatic rings. The fourth-order valence-corrected chi connectivity index (χ4v) is 4.18. The molecular formula is C20H26N4O. The van der Waals surface area contributed by atoms with Crippen molar-refractivity contribution in [3.63, 3.8) is 0 Å². The number of benzene rings is 1. The van der Waals surface area contributed by atoms with Crippen LogP contribution >= 0.6 is 0 Å². The van der Waals surface area contributed by atoms with Gasteiger partial charge < -0.3 is 9.88 Å². The zero-order chi connectivity index (χ0) is 17.2. The Kier molecular flexibility index (Phi) is 4.57. The van der Waals surface area contributed by atoms with Crippen LogP contribution in [-0.4, -0.2) is 41.0 Å². The molecule has 0 unspecified atom stereocenters. The first kappa shape index (κ1) is 16.3. The fraction of sp³-hybridized carbons (Fsp3) is 0.500. The van der Waals surface area contributed by atoms with Crippen LogP contribution in [0.5, 0.6) is 0 Å². The lowest BCUT2D eigenvalue weighted by molar-refractivity contribution is 0.326.